The predicted octanol–water partition coefficient (Wildman–Crippen LogP) is 0.970. The van der Waals surface area contributed by atoms with Gasteiger partial charge in [-0.3, -0.25) is 0 Å². The minimum atomic E-state index is -1.14. The smallest absolute Gasteiger partial charge is 0.202 e. The number of aliphatic hydroxyl groups is 1. The maximum Gasteiger partial charge on any atom is 0.202 e. The van der Waals surface area contributed by atoms with Gasteiger partial charge < -0.3 is 9.84 Å². The fraction of sp³-hybridized carbons (Fsp3) is 0.364. The highest BCUT2D eigenvalue weighted by atomic mass is 16.5. The highest BCUT2D eigenvalue weighted by molar-refractivity contribution is 5.38. The van der Waals surface area contributed by atoms with Crippen molar-refractivity contribution in [1.82, 2.24) is 0 Å². The van der Waals surface area contributed by atoms with Gasteiger partial charge in [0.05, 0.1) is 13.2 Å². The first-order valence-electron chi connectivity index (χ1n) is 4.57. The van der Waals surface area contributed by atoms with E-state index in [-0.39, 0.29) is 6.61 Å². The van der Waals surface area contributed by atoms with Gasteiger partial charge in [-0.25, -0.2) is 0 Å². The summed E-state index contributed by atoms with van der Waals surface area (Å²) in [7, 11) is 0. The molecule has 0 amide bonds. The predicted molar refractivity (Wildman–Crippen MR) is 50.5 cm³/mol. The highest BCUT2D eigenvalue weighted by Gasteiger charge is 2.37. The number of benzene rings is 1. The summed E-state index contributed by atoms with van der Waals surface area (Å²) >= 11 is 0. The molecule has 0 saturated carbocycles. The van der Waals surface area contributed by atoms with Gasteiger partial charge in [0.1, 0.15) is 6.07 Å². The fourth-order valence-electron chi connectivity index (χ4n) is 1.80. The molecule has 3 heteroatoms. The van der Waals surface area contributed by atoms with Crippen LogP contribution in [-0.4, -0.2) is 18.3 Å². The lowest BCUT2D eigenvalue weighted by molar-refractivity contribution is -0.0524. The third kappa shape index (κ3) is 1.20. The van der Waals surface area contributed by atoms with Crippen LogP contribution in [0.25, 0.3) is 0 Å². The third-order valence-electron chi connectivity index (χ3n) is 2.58. The van der Waals surface area contributed by atoms with Crippen molar-refractivity contribution in [2.45, 2.75) is 12.0 Å². The topological polar surface area (TPSA) is 53.2 Å². The second kappa shape index (κ2) is 3.41. The van der Waals surface area contributed by atoms with Gasteiger partial charge in [-0.1, -0.05) is 24.3 Å². The number of ether oxygens (including phenoxy) is 1. The molecule has 1 aromatic carbocycles. The average Bonchev–Trinajstić information content (AvgIpc) is 2.28. The van der Waals surface area contributed by atoms with Crippen LogP contribution in [0.1, 0.15) is 11.1 Å². The Morgan fingerprint density at radius 1 is 1.50 bits per heavy atom. The molecule has 0 bridgehead atoms. The lowest BCUT2D eigenvalue weighted by atomic mass is 9.88. The van der Waals surface area contributed by atoms with Crippen LogP contribution in [0.3, 0.4) is 0 Å². The molecule has 1 aliphatic heterocycles. The Morgan fingerprint density at radius 3 is 3.00 bits per heavy atom. The van der Waals surface area contributed by atoms with E-state index in [1.54, 1.807) is 0 Å². The summed E-state index contributed by atoms with van der Waals surface area (Å²) in [5.74, 6) is 0. The quantitative estimate of drug-likeness (QED) is 0.716. The van der Waals surface area contributed by atoms with E-state index in [0.717, 1.165) is 17.5 Å². The van der Waals surface area contributed by atoms with Gasteiger partial charge in [-0.2, -0.15) is 5.26 Å². The minimum Gasteiger partial charge on any atom is -0.392 e. The molecule has 0 spiro atoms. The Labute approximate surface area is 82.6 Å². The van der Waals surface area contributed by atoms with Crippen LogP contribution in [0, 0.1) is 11.3 Å². The number of hydrogen-bond donors (Lipinski definition) is 1. The Bertz CT molecular complexity index is 383. The summed E-state index contributed by atoms with van der Waals surface area (Å²) in [4.78, 5) is 0. The third-order valence-corrected chi connectivity index (χ3v) is 2.58. The fourth-order valence-corrected chi connectivity index (χ4v) is 1.80. The standard InChI is InChI=1S/C11H11NO2/c12-7-11(8-13)10-4-2-1-3-9(10)5-6-14-11/h1-4,13H,5-6,8H2. The van der Waals surface area contributed by atoms with Crippen LogP contribution in [0.15, 0.2) is 24.3 Å². The summed E-state index contributed by atoms with van der Waals surface area (Å²) in [5.41, 5.74) is 0.750. The van der Waals surface area contributed by atoms with Crippen molar-refractivity contribution in [2.24, 2.45) is 0 Å². The average molecular weight is 189 g/mol. The molecule has 0 aromatic heterocycles. The van der Waals surface area contributed by atoms with E-state index >= 15 is 0 Å². The van der Waals surface area contributed by atoms with Crippen LogP contribution in [0.5, 0.6) is 0 Å². The Morgan fingerprint density at radius 2 is 2.29 bits per heavy atom. The molecular formula is C11H11NO2. The number of fused-ring (bicyclic) bond motifs is 1. The molecule has 0 radical (unpaired) electrons. The molecule has 14 heavy (non-hydrogen) atoms. The molecule has 1 N–H and O–H groups in total. The van der Waals surface area contributed by atoms with Gasteiger partial charge in [0, 0.05) is 5.56 Å². The molecular weight excluding hydrogens is 178 g/mol. The minimum absolute atomic E-state index is 0.291. The molecule has 0 aliphatic carbocycles. The summed E-state index contributed by atoms with van der Waals surface area (Å²) in [6.07, 6.45) is 0.805. The van der Waals surface area contributed by atoms with Gasteiger partial charge in [0.2, 0.25) is 5.60 Å². The van der Waals surface area contributed by atoms with E-state index in [4.69, 9.17) is 10.00 Å². The monoisotopic (exact) mass is 189 g/mol. The van der Waals surface area contributed by atoms with E-state index in [2.05, 4.69) is 6.07 Å². The first-order valence-corrected chi connectivity index (χ1v) is 4.57. The van der Waals surface area contributed by atoms with E-state index < -0.39 is 5.60 Å². The summed E-state index contributed by atoms with van der Waals surface area (Å²) in [6.45, 7) is 0.200. The number of nitriles is 1. The lowest BCUT2D eigenvalue weighted by Gasteiger charge is -2.31. The van der Waals surface area contributed by atoms with Crippen molar-refractivity contribution >= 4 is 0 Å². The molecule has 1 heterocycles. The van der Waals surface area contributed by atoms with Gasteiger partial charge >= 0.3 is 0 Å². The molecule has 1 aliphatic rings. The number of hydrogen-bond acceptors (Lipinski definition) is 3. The summed E-state index contributed by atoms with van der Waals surface area (Å²) < 4.78 is 5.38. The zero-order valence-corrected chi connectivity index (χ0v) is 7.73. The zero-order chi connectivity index (χ0) is 10.0. The van der Waals surface area contributed by atoms with Gasteiger partial charge in [-0.15, -0.1) is 0 Å². The number of aliphatic hydroxyl groups excluding tert-OH is 1. The SMILES string of the molecule is N#CC1(CO)OCCc2ccccc21. The second-order valence-electron chi connectivity index (χ2n) is 3.35. The van der Waals surface area contributed by atoms with Gasteiger partial charge in [-0.05, 0) is 12.0 Å². The first-order chi connectivity index (χ1) is 6.82. The van der Waals surface area contributed by atoms with Crippen LogP contribution in [-0.2, 0) is 16.8 Å². The van der Waals surface area contributed by atoms with Gasteiger partial charge in [0.25, 0.3) is 0 Å². The maximum atomic E-state index is 9.24. The first kappa shape index (κ1) is 9.20. The molecule has 1 unspecified atom stereocenters. The molecule has 3 nitrogen and oxygen atoms in total. The Balaban J connectivity index is 2.55. The normalized spacial score (nSPS) is 25.1. The van der Waals surface area contributed by atoms with E-state index in [0.29, 0.717) is 6.61 Å². The molecule has 72 valence electrons. The number of rotatable bonds is 1. The highest BCUT2D eigenvalue weighted by Crippen LogP contribution is 2.31. The van der Waals surface area contributed by atoms with Crippen molar-refractivity contribution < 1.29 is 9.84 Å². The van der Waals surface area contributed by atoms with E-state index in [1.807, 2.05) is 24.3 Å². The zero-order valence-electron chi connectivity index (χ0n) is 7.73. The van der Waals surface area contributed by atoms with Gasteiger partial charge in [0.15, 0.2) is 0 Å². The summed E-state index contributed by atoms with van der Waals surface area (Å²) in [6, 6.07) is 9.65. The summed E-state index contributed by atoms with van der Waals surface area (Å²) in [5, 5.41) is 18.3. The van der Waals surface area contributed by atoms with Crippen molar-refractivity contribution in [2.75, 3.05) is 13.2 Å². The van der Waals surface area contributed by atoms with Crippen molar-refractivity contribution in [1.29, 1.82) is 5.26 Å². The van der Waals surface area contributed by atoms with Crippen molar-refractivity contribution in [3.63, 3.8) is 0 Å². The van der Waals surface area contributed by atoms with Crippen LogP contribution in [0.4, 0.5) is 0 Å². The lowest BCUT2D eigenvalue weighted by Crippen LogP contribution is -2.37. The van der Waals surface area contributed by atoms with E-state index in [9.17, 15) is 5.11 Å². The van der Waals surface area contributed by atoms with Crippen molar-refractivity contribution in [3.8, 4) is 6.07 Å². The van der Waals surface area contributed by atoms with Crippen LogP contribution >= 0.6 is 0 Å². The maximum absolute atomic E-state index is 9.24. The largest absolute Gasteiger partial charge is 0.392 e. The Kier molecular flexibility index (Phi) is 2.24. The molecule has 2 rings (SSSR count). The molecule has 1 aromatic rings. The second-order valence-corrected chi connectivity index (χ2v) is 3.35. The van der Waals surface area contributed by atoms with Crippen molar-refractivity contribution in [3.05, 3.63) is 35.4 Å². The van der Waals surface area contributed by atoms with E-state index in [1.165, 1.54) is 0 Å². The molecule has 0 saturated heterocycles. The number of nitrogens with zero attached hydrogens (tertiary/aromatic N) is 1. The van der Waals surface area contributed by atoms with Crippen LogP contribution < -0.4 is 0 Å². The molecule has 1 atom stereocenters. The van der Waals surface area contributed by atoms with Crippen LogP contribution in [0.2, 0.25) is 0 Å². The Hall–Kier alpha value is -1.37. The molecule has 0 fully saturated rings.